The molecule has 0 spiro atoms. The summed E-state index contributed by atoms with van der Waals surface area (Å²) < 4.78 is 5.74. The van der Waals surface area contributed by atoms with Gasteiger partial charge in [0.2, 0.25) is 0 Å². The SMILES string of the molecule is CCCN1CCOC(c2cccc(O)c2)C1. The Morgan fingerprint density at radius 2 is 2.38 bits per heavy atom. The molecule has 3 nitrogen and oxygen atoms in total. The second-order valence-electron chi connectivity index (χ2n) is 4.26. The number of hydrogen-bond donors (Lipinski definition) is 1. The minimum Gasteiger partial charge on any atom is -0.508 e. The molecule has 1 aliphatic rings. The van der Waals surface area contributed by atoms with E-state index in [0.717, 1.165) is 31.8 Å². The lowest BCUT2D eigenvalue weighted by atomic mass is 10.1. The lowest BCUT2D eigenvalue weighted by Gasteiger charge is -2.32. The second-order valence-corrected chi connectivity index (χ2v) is 4.26. The van der Waals surface area contributed by atoms with Gasteiger partial charge < -0.3 is 9.84 Å². The maximum Gasteiger partial charge on any atom is 0.115 e. The fourth-order valence-electron chi connectivity index (χ4n) is 2.15. The van der Waals surface area contributed by atoms with Crippen LogP contribution in [-0.4, -0.2) is 36.2 Å². The van der Waals surface area contributed by atoms with Crippen molar-refractivity contribution in [3.63, 3.8) is 0 Å². The van der Waals surface area contributed by atoms with Gasteiger partial charge in [-0.1, -0.05) is 19.1 Å². The van der Waals surface area contributed by atoms with Crippen molar-refractivity contribution in [2.75, 3.05) is 26.2 Å². The molecule has 16 heavy (non-hydrogen) atoms. The summed E-state index contributed by atoms with van der Waals surface area (Å²) in [4.78, 5) is 2.41. The molecule has 88 valence electrons. The van der Waals surface area contributed by atoms with Crippen LogP contribution in [0.5, 0.6) is 5.75 Å². The van der Waals surface area contributed by atoms with E-state index in [-0.39, 0.29) is 6.10 Å². The van der Waals surface area contributed by atoms with Crippen molar-refractivity contribution in [3.8, 4) is 5.75 Å². The van der Waals surface area contributed by atoms with Gasteiger partial charge in [-0.2, -0.15) is 0 Å². The average Bonchev–Trinajstić information content (AvgIpc) is 2.30. The number of phenols is 1. The van der Waals surface area contributed by atoms with Gasteiger partial charge in [-0.15, -0.1) is 0 Å². The first-order valence-electron chi connectivity index (χ1n) is 5.92. The third-order valence-corrected chi connectivity index (χ3v) is 2.93. The molecule has 0 amide bonds. The van der Waals surface area contributed by atoms with Gasteiger partial charge in [-0.05, 0) is 30.7 Å². The zero-order valence-corrected chi connectivity index (χ0v) is 9.72. The number of aromatic hydroxyl groups is 1. The van der Waals surface area contributed by atoms with Crippen molar-refractivity contribution in [2.45, 2.75) is 19.4 Å². The summed E-state index contributed by atoms with van der Waals surface area (Å²) in [7, 11) is 0. The normalized spacial score (nSPS) is 22.2. The van der Waals surface area contributed by atoms with Crippen molar-refractivity contribution in [1.82, 2.24) is 4.90 Å². The Morgan fingerprint density at radius 1 is 1.50 bits per heavy atom. The van der Waals surface area contributed by atoms with E-state index in [4.69, 9.17) is 4.74 Å². The highest BCUT2D eigenvalue weighted by atomic mass is 16.5. The lowest BCUT2D eigenvalue weighted by molar-refractivity contribution is -0.0299. The summed E-state index contributed by atoms with van der Waals surface area (Å²) in [5.41, 5.74) is 1.07. The molecule has 2 rings (SSSR count). The number of nitrogens with zero attached hydrogens (tertiary/aromatic N) is 1. The Labute approximate surface area is 96.6 Å². The maximum absolute atomic E-state index is 9.44. The van der Waals surface area contributed by atoms with Gasteiger partial charge in [0, 0.05) is 13.1 Å². The Hall–Kier alpha value is -1.06. The summed E-state index contributed by atoms with van der Waals surface area (Å²) in [5, 5.41) is 9.44. The van der Waals surface area contributed by atoms with Gasteiger partial charge in [0.05, 0.1) is 12.7 Å². The molecule has 3 heteroatoms. The number of rotatable bonds is 3. The van der Waals surface area contributed by atoms with Crippen LogP contribution in [0.15, 0.2) is 24.3 Å². The monoisotopic (exact) mass is 221 g/mol. The molecule has 1 aromatic carbocycles. The number of morpholine rings is 1. The van der Waals surface area contributed by atoms with Crippen LogP contribution < -0.4 is 0 Å². The van der Waals surface area contributed by atoms with Gasteiger partial charge in [0.25, 0.3) is 0 Å². The first kappa shape index (κ1) is 11.4. The maximum atomic E-state index is 9.44. The second kappa shape index (κ2) is 5.32. The molecule has 1 aromatic rings. The molecule has 0 aliphatic carbocycles. The lowest BCUT2D eigenvalue weighted by Crippen LogP contribution is -2.38. The first-order valence-corrected chi connectivity index (χ1v) is 5.92. The predicted molar refractivity (Wildman–Crippen MR) is 63.5 cm³/mol. The summed E-state index contributed by atoms with van der Waals surface area (Å²) >= 11 is 0. The first-order chi connectivity index (χ1) is 7.79. The predicted octanol–water partition coefficient (Wildman–Crippen LogP) is 2.18. The molecule has 1 atom stereocenters. The molecule has 1 heterocycles. The highest BCUT2D eigenvalue weighted by molar-refractivity contribution is 5.29. The van der Waals surface area contributed by atoms with Crippen molar-refractivity contribution in [3.05, 3.63) is 29.8 Å². The van der Waals surface area contributed by atoms with Gasteiger partial charge >= 0.3 is 0 Å². The van der Waals surface area contributed by atoms with Crippen molar-refractivity contribution in [1.29, 1.82) is 0 Å². The summed E-state index contributed by atoms with van der Waals surface area (Å²) in [6, 6.07) is 7.36. The van der Waals surface area contributed by atoms with E-state index >= 15 is 0 Å². The molecule has 0 aromatic heterocycles. The van der Waals surface area contributed by atoms with E-state index in [9.17, 15) is 5.11 Å². The van der Waals surface area contributed by atoms with E-state index in [0.29, 0.717) is 5.75 Å². The zero-order chi connectivity index (χ0) is 11.4. The minimum atomic E-state index is 0.104. The molecule has 1 saturated heterocycles. The number of ether oxygens (including phenoxy) is 1. The zero-order valence-electron chi connectivity index (χ0n) is 9.72. The standard InChI is InChI=1S/C13H19NO2/c1-2-6-14-7-8-16-13(10-14)11-4-3-5-12(15)9-11/h3-5,9,13,15H,2,6-8,10H2,1H3. The molecular formula is C13H19NO2. The third-order valence-electron chi connectivity index (χ3n) is 2.93. The Balaban J connectivity index is 2.03. The van der Waals surface area contributed by atoms with Crippen molar-refractivity contribution < 1.29 is 9.84 Å². The highest BCUT2D eigenvalue weighted by Crippen LogP contribution is 2.24. The fourth-order valence-corrected chi connectivity index (χ4v) is 2.15. The highest BCUT2D eigenvalue weighted by Gasteiger charge is 2.21. The Morgan fingerprint density at radius 3 is 3.12 bits per heavy atom. The van der Waals surface area contributed by atoms with E-state index in [1.165, 1.54) is 6.42 Å². The van der Waals surface area contributed by atoms with Crippen LogP contribution >= 0.6 is 0 Å². The van der Waals surface area contributed by atoms with Crippen molar-refractivity contribution in [2.24, 2.45) is 0 Å². The molecular weight excluding hydrogens is 202 g/mol. The molecule has 0 radical (unpaired) electrons. The van der Waals surface area contributed by atoms with Gasteiger partial charge in [-0.3, -0.25) is 4.90 Å². The number of benzene rings is 1. The van der Waals surface area contributed by atoms with Crippen molar-refractivity contribution >= 4 is 0 Å². The van der Waals surface area contributed by atoms with Crippen LogP contribution in [0.3, 0.4) is 0 Å². The molecule has 1 unspecified atom stereocenters. The molecule has 1 aliphatic heterocycles. The van der Waals surface area contributed by atoms with Crippen LogP contribution in [0.2, 0.25) is 0 Å². The van der Waals surface area contributed by atoms with Crippen LogP contribution in [0.1, 0.15) is 25.0 Å². The van der Waals surface area contributed by atoms with E-state index in [1.54, 1.807) is 12.1 Å². The van der Waals surface area contributed by atoms with Gasteiger partial charge in [0.15, 0.2) is 0 Å². The molecule has 0 bridgehead atoms. The Kier molecular flexibility index (Phi) is 3.80. The number of hydrogen-bond acceptors (Lipinski definition) is 3. The smallest absolute Gasteiger partial charge is 0.115 e. The Bertz CT molecular complexity index is 338. The third kappa shape index (κ3) is 2.74. The fraction of sp³-hybridized carbons (Fsp3) is 0.538. The van der Waals surface area contributed by atoms with Crippen LogP contribution in [0.25, 0.3) is 0 Å². The number of phenolic OH excluding ortho intramolecular Hbond substituents is 1. The summed E-state index contributed by atoms with van der Waals surface area (Å²) in [6.07, 6.45) is 1.28. The summed E-state index contributed by atoms with van der Waals surface area (Å²) in [6.45, 7) is 6.04. The summed E-state index contributed by atoms with van der Waals surface area (Å²) in [5.74, 6) is 0.314. The van der Waals surface area contributed by atoms with Crippen LogP contribution in [0.4, 0.5) is 0 Å². The quantitative estimate of drug-likeness (QED) is 0.849. The van der Waals surface area contributed by atoms with E-state index < -0.39 is 0 Å². The minimum absolute atomic E-state index is 0.104. The van der Waals surface area contributed by atoms with E-state index in [2.05, 4.69) is 11.8 Å². The van der Waals surface area contributed by atoms with E-state index in [1.807, 2.05) is 12.1 Å². The van der Waals surface area contributed by atoms with Gasteiger partial charge in [-0.25, -0.2) is 0 Å². The van der Waals surface area contributed by atoms with Gasteiger partial charge in [0.1, 0.15) is 5.75 Å². The average molecular weight is 221 g/mol. The molecule has 0 saturated carbocycles. The van der Waals surface area contributed by atoms with Crippen LogP contribution in [0, 0.1) is 0 Å². The largest absolute Gasteiger partial charge is 0.508 e. The topological polar surface area (TPSA) is 32.7 Å². The molecule has 1 N–H and O–H groups in total. The molecule has 1 fully saturated rings. The van der Waals surface area contributed by atoms with Crippen LogP contribution in [-0.2, 0) is 4.74 Å².